The van der Waals surface area contributed by atoms with Crippen LogP contribution in [0.4, 0.5) is 5.69 Å². The molecule has 1 amide bonds. The van der Waals surface area contributed by atoms with Crippen molar-refractivity contribution in [1.82, 2.24) is 4.98 Å². The first-order valence-electron chi connectivity index (χ1n) is 9.62. The zero-order valence-corrected chi connectivity index (χ0v) is 17.4. The monoisotopic (exact) mass is 408 g/mol. The lowest BCUT2D eigenvalue weighted by molar-refractivity contribution is -0.119. The van der Waals surface area contributed by atoms with Crippen molar-refractivity contribution in [3.8, 4) is 0 Å². The van der Waals surface area contributed by atoms with E-state index in [1.807, 2.05) is 36.4 Å². The molecule has 156 valence electrons. The lowest BCUT2D eigenvalue weighted by Gasteiger charge is -2.09. The molecule has 1 aromatic heterocycles. The summed E-state index contributed by atoms with van der Waals surface area (Å²) in [5.74, 6) is -1.68. The van der Waals surface area contributed by atoms with Gasteiger partial charge < -0.3 is 19.8 Å². The summed E-state index contributed by atoms with van der Waals surface area (Å²) in [5, 5.41) is 4.65. The Morgan fingerprint density at radius 2 is 1.70 bits per heavy atom. The van der Waals surface area contributed by atoms with E-state index in [2.05, 4.69) is 10.3 Å². The van der Waals surface area contributed by atoms with E-state index in [1.54, 1.807) is 33.8 Å². The molecule has 0 aliphatic heterocycles. The van der Waals surface area contributed by atoms with Crippen molar-refractivity contribution >= 4 is 34.3 Å². The Bertz CT molecular complexity index is 1110. The van der Waals surface area contributed by atoms with Crippen molar-refractivity contribution in [2.45, 2.75) is 33.8 Å². The van der Waals surface area contributed by atoms with Crippen LogP contribution in [0.3, 0.4) is 0 Å². The summed E-state index contributed by atoms with van der Waals surface area (Å²) < 4.78 is 10.4. The number of anilines is 1. The van der Waals surface area contributed by atoms with Crippen LogP contribution in [0.5, 0.6) is 0 Å². The standard InChI is InChI=1S/C23H24N2O5/c1-13(2)30-22(27)20-14(3)21(24-15(20)4)23(28)29-12-19(26)25-18-11-7-9-16-8-5-6-10-17(16)18/h5-11,13,24H,12H2,1-4H3,(H,25,26). The summed E-state index contributed by atoms with van der Waals surface area (Å²) in [5.41, 5.74) is 2.00. The first-order chi connectivity index (χ1) is 14.3. The number of aromatic nitrogens is 1. The second-order valence-corrected chi connectivity index (χ2v) is 7.23. The van der Waals surface area contributed by atoms with Crippen LogP contribution in [0.2, 0.25) is 0 Å². The fourth-order valence-electron chi connectivity index (χ4n) is 3.26. The number of amides is 1. The number of aromatic amines is 1. The van der Waals surface area contributed by atoms with Gasteiger partial charge in [-0.05, 0) is 44.7 Å². The maximum Gasteiger partial charge on any atom is 0.355 e. The number of esters is 2. The van der Waals surface area contributed by atoms with Gasteiger partial charge in [0.25, 0.3) is 5.91 Å². The van der Waals surface area contributed by atoms with Crippen LogP contribution in [0.15, 0.2) is 42.5 Å². The number of rotatable bonds is 6. The van der Waals surface area contributed by atoms with Gasteiger partial charge in [-0.15, -0.1) is 0 Å². The molecular weight excluding hydrogens is 384 g/mol. The lowest BCUT2D eigenvalue weighted by atomic mass is 10.1. The van der Waals surface area contributed by atoms with Crippen molar-refractivity contribution in [1.29, 1.82) is 0 Å². The molecule has 7 heteroatoms. The minimum absolute atomic E-state index is 0.126. The molecule has 3 aromatic rings. The number of fused-ring (bicyclic) bond motifs is 1. The molecular formula is C23H24N2O5. The molecule has 0 radical (unpaired) electrons. The Balaban J connectivity index is 1.67. The topological polar surface area (TPSA) is 97.5 Å². The fourth-order valence-corrected chi connectivity index (χ4v) is 3.26. The average molecular weight is 408 g/mol. The van der Waals surface area contributed by atoms with Crippen LogP contribution in [-0.4, -0.2) is 35.5 Å². The zero-order valence-electron chi connectivity index (χ0n) is 17.4. The van der Waals surface area contributed by atoms with Gasteiger partial charge in [-0.1, -0.05) is 36.4 Å². The van der Waals surface area contributed by atoms with Crippen LogP contribution in [0, 0.1) is 13.8 Å². The summed E-state index contributed by atoms with van der Waals surface area (Å²) in [6.45, 7) is 6.35. The van der Waals surface area contributed by atoms with Gasteiger partial charge in [0, 0.05) is 16.8 Å². The Hall–Kier alpha value is -3.61. The molecule has 0 spiro atoms. The highest BCUT2D eigenvalue weighted by molar-refractivity contribution is 6.03. The predicted molar refractivity (Wildman–Crippen MR) is 114 cm³/mol. The van der Waals surface area contributed by atoms with Crippen LogP contribution >= 0.6 is 0 Å². The van der Waals surface area contributed by atoms with Gasteiger partial charge in [0.15, 0.2) is 6.61 Å². The Kier molecular flexibility index (Phi) is 6.20. The first-order valence-corrected chi connectivity index (χ1v) is 9.62. The molecule has 3 rings (SSSR count). The van der Waals surface area contributed by atoms with E-state index in [0.717, 1.165) is 10.8 Å². The predicted octanol–water partition coefficient (Wildman–Crippen LogP) is 4.15. The SMILES string of the molecule is Cc1[nH]c(C(=O)OCC(=O)Nc2cccc3ccccc23)c(C)c1C(=O)OC(C)C. The van der Waals surface area contributed by atoms with Gasteiger partial charge in [0.05, 0.1) is 11.7 Å². The molecule has 0 atom stereocenters. The molecule has 7 nitrogen and oxygen atoms in total. The summed E-state index contributed by atoms with van der Waals surface area (Å²) in [7, 11) is 0. The van der Waals surface area contributed by atoms with Crippen molar-refractivity contribution in [3.05, 3.63) is 65.0 Å². The van der Waals surface area contributed by atoms with E-state index in [4.69, 9.17) is 9.47 Å². The number of carbonyl (C=O) groups is 3. The second kappa shape index (κ2) is 8.82. The largest absolute Gasteiger partial charge is 0.459 e. The van der Waals surface area contributed by atoms with Crippen LogP contribution in [0.1, 0.15) is 46.0 Å². The summed E-state index contributed by atoms with van der Waals surface area (Å²) in [6, 6.07) is 13.2. The number of hydrogen-bond donors (Lipinski definition) is 2. The van der Waals surface area contributed by atoms with E-state index < -0.39 is 24.5 Å². The summed E-state index contributed by atoms with van der Waals surface area (Å²) in [4.78, 5) is 39.9. The van der Waals surface area contributed by atoms with E-state index in [9.17, 15) is 14.4 Å². The van der Waals surface area contributed by atoms with Crippen LogP contribution < -0.4 is 5.32 Å². The first kappa shape index (κ1) is 21.1. The van der Waals surface area contributed by atoms with Crippen molar-refractivity contribution in [3.63, 3.8) is 0 Å². The molecule has 0 unspecified atom stereocenters. The number of nitrogens with one attached hydrogen (secondary N) is 2. The third kappa shape index (κ3) is 4.51. The van der Waals surface area contributed by atoms with Gasteiger partial charge in [0.2, 0.25) is 0 Å². The quantitative estimate of drug-likeness (QED) is 0.597. The maximum absolute atomic E-state index is 12.5. The number of aryl methyl sites for hydroxylation is 1. The Labute approximate surface area is 174 Å². The number of hydrogen-bond acceptors (Lipinski definition) is 5. The van der Waals surface area contributed by atoms with Crippen LogP contribution in [0.25, 0.3) is 10.8 Å². The average Bonchev–Trinajstić information content (AvgIpc) is 3.00. The highest BCUT2D eigenvalue weighted by Crippen LogP contribution is 2.23. The van der Waals surface area contributed by atoms with E-state index in [1.165, 1.54) is 0 Å². The zero-order chi connectivity index (χ0) is 21.8. The molecule has 0 fully saturated rings. The maximum atomic E-state index is 12.5. The van der Waals surface area contributed by atoms with Crippen molar-refractivity contribution < 1.29 is 23.9 Å². The number of carbonyl (C=O) groups excluding carboxylic acids is 3. The van der Waals surface area contributed by atoms with Gasteiger partial charge in [-0.3, -0.25) is 4.79 Å². The minimum atomic E-state index is -0.715. The Morgan fingerprint density at radius 1 is 1.00 bits per heavy atom. The molecule has 1 heterocycles. The molecule has 2 N–H and O–H groups in total. The van der Waals surface area contributed by atoms with Gasteiger partial charge >= 0.3 is 11.9 Å². The smallest absolute Gasteiger partial charge is 0.355 e. The van der Waals surface area contributed by atoms with Gasteiger partial charge in [0.1, 0.15) is 5.69 Å². The minimum Gasteiger partial charge on any atom is -0.459 e. The number of benzene rings is 2. The van der Waals surface area contributed by atoms with Gasteiger partial charge in [-0.25, -0.2) is 9.59 Å². The van der Waals surface area contributed by atoms with E-state index >= 15 is 0 Å². The van der Waals surface area contributed by atoms with Crippen molar-refractivity contribution in [2.24, 2.45) is 0 Å². The molecule has 0 saturated carbocycles. The molecule has 0 bridgehead atoms. The van der Waals surface area contributed by atoms with E-state index in [-0.39, 0.29) is 11.8 Å². The molecule has 30 heavy (non-hydrogen) atoms. The molecule has 0 aliphatic carbocycles. The van der Waals surface area contributed by atoms with Gasteiger partial charge in [-0.2, -0.15) is 0 Å². The third-order valence-electron chi connectivity index (χ3n) is 4.59. The number of H-pyrrole nitrogens is 1. The second-order valence-electron chi connectivity index (χ2n) is 7.23. The molecule has 2 aromatic carbocycles. The van der Waals surface area contributed by atoms with E-state index in [0.29, 0.717) is 22.5 Å². The highest BCUT2D eigenvalue weighted by Gasteiger charge is 2.24. The third-order valence-corrected chi connectivity index (χ3v) is 4.59. The lowest BCUT2D eigenvalue weighted by Crippen LogP contribution is -2.21. The van der Waals surface area contributed by atoms with Crippen LogP contribution in [-0.2, 0) is 14.3 Å². The molecule has 0 aliphatic rings. The normalized spacial score (nSPS) is 10.8. The fraction of sp³-hybridized carbons (Fsp3) is 0.261. The number of ether oxygens (including phenoxy) is 2. The summed E-state index contributed by atoms with van der Waals surface area (Å²) >= 11 is 0. The highest BCUT2D eigenvalue weighted by atomic mass is 16.5. The molecule has 0 saturated heterocycles. The Morgan fingerprint density at radius 3 is 2.43 bits per heavy atom. The van der Waals surface area contributed by atoms with Crippen molar-refractivity contribution in [2.75, 3.05) is 11.9 Å². The summed E-state index contributed by atoms with van der Waals surface area (Å²) in [6.07, 6.45) is -0.278.